The molecule has 6 atom stereocenters. The minimum absolute atomic E-state index is 0.0173. The van der Waals surface area contributed by atoms with Crippen LogP contribution in [0.1, 0.15) is 32.3 Å². The number of hydrogen-bond donors (Lipinski definition) is 5. The summed E-state index contributed by atoms with van der Waals surface area (Å²) in [7, 11) is 0. The van der Waals surface area contributed by atoms with Gasteiger partial charge in [0.25, 0.3) is 11.8 Å². The Morgan fingerprint density at radius 3 is 2.17 bits per heavy atom. The van der Waals surface area contributed by atoms with E-state index >= 15 is 0 Å². The molecular weight excluding hydrogens is 494 g/mol. The predicted octanol–water partition coefficient (Wildman–Crippen LogP) is 2.00. The zero-order valence-corrected chi connectivity index (χ0v) is 19.5. The fourth-order valence-electron chi connectivity index (χ4n) is 5.14. The van der Waals surface area contributed by atoms with E-state index in [1.54, 1.807) is 32.0 Å². The molecule has 14 heteroatoms. The summed E-state index contributed by atoms with van der Waals surface area (Å²) >= 11 is 0. The molecule has 2 saturated heterocycles. The van der Waals surface area contributed by atoms with Crippen LogP contribution in [0.2, 0.25) is 0 Å². The van der Waals surface area contributed by atoms with Gasteiger partial charge in [-0.1, -0.05) is 44.2 Å². The highest BCUT2D eigenvalue weighted by Crippen LogP contribution is 2.41. The zero-order valence-electron chi connectivity index (χ0n) is 19.5. The number of nitrogens with zero attached hydrogens (tertiary/aromatic N) is 1. The van der Waals surface area contributed by atoms with Gasteiger partial charge in [0.15, 0.2) is 0 Å². The molecule has 0 spiro atoms. The molecule has 8 nitrogen and oxygen atoms in total. The number of hydrogen-bond acceptors (Lipinski definition) is 6. The van der Waals surface area contributed by atoms with Crippen LogP contribution >= 0.6 is 0 Å². The van der Waals surface area contributed by atoms with Crippen molar-refractivity contribution < 1.29 is 35.9 Å². The summed E-state index contributed by atoms with van der Waals surface area (Å²) in [5.41, 5.74) is 6.60. The number of allylic oxidation sites excluding steroid dienone is 1. The number of hydrazine groups is 2. The third-order valence-electron chi connectivity index (χ3n) is 6.77. The number of amides is 2. The molecule has 1 aromatic carbocycles. The zero-order chi connectivity index (χ0) is 26.6. The van der Waals surface area contributed by atoms with Crippen molar-refractivity contribution in [2.24, 2.45) is 11.8 Å². The lowest BCUT2D eigenvalue weighted by Crippen LogP contribution is -2.58. The molecule has 2 fully saturated rings. The van der Waals surface area contributed by atoms with Gasteiger partial charge >= 0.3 is 12.4 Å². The second kappa shape index (κ2) is 9.23. The van der Waals surface area contributed by atoms with Gasteiger partial charge in [-0.15, -0.1) is 0 Å². The Hall–Kier alpha value is -2.84. The third-order valence-corrected chi connectivity index (χ3v) is 6.77. The Labute approximate surface area is 202 Å². The largest absolute Gasteiger partial charge is 0.406 e. The summed E-state index contributed by atoms with van der Waals surface area (Å²) in [6.07, 6.45) is -11.6. The molecule has 0 aliphatic carbocycles. The van der Waals surface area contributed by atoms with Crippen molar-refractivity contribution in [1.82, 2.24) is 31.9 Å². The molecule has 0 radical (unpaired) electrons. The van der Waals surface area contributed by atoms with Crippen molar-refractivity contribution in [3.05, 3.63) is 47.2 Å². The number of benzene rings is 1. The minimum Gasteiger partial charge on any atom is -0.366 e. The van der Waals surface area contributed by atoms with Crippen LogP contribution in [0, 0.1) is 11.8 Å². The minimum atomic E-state index is -4.72. The second-order valence-corrected chi connectivity index (χ2v) is 9.43. The number of halogens is 6. The monoisotopic (exact) mass is 520 g/mol. The average molecular weight is 520 g/mol. The summed E-state index contributed by atoms with van der Waals surface area (Å²) in [5, 5.41) is 5.96. The first kappa shape index (κ1) is 26.2. The van der Waals surface area contributed by atoms with Crippen LogP contribution < -0.4 is 26.9 Å². The van der Waals surface area contributed by atoms with Crippen LogP contribution in [0.4, 0.5) is 26.3 Å². The van der Waals surface area contributed by atoms with E-state index in [4.69, 9.17) is 0 Å². The molecule has 3 aliphatic heterocycles. The molecule has 36 heavy (non-hydrogen) atoms. The van der Waals surface area contributed by atoms with Gasteiger partial charge in [0.1, 0.15) is 23.8 Å². The topological polar surface area (TPSA) is 97.5 Å². The molecule has 5 N–H and O–H groups in total. The van der Waals surface area contributed by atoms with E-state index in [0.717, 1.165) is 5.01 Å². The van der Waals surface area contributed by atoms with E-state index in [1.807, 2.05) is 0 Å². The van der Waals surface area contributed by atoms with Gasteiger partial charge in [0.2, 0.25) is 0 Å². The number of nitrogens with one attached hydrogen (secondary N) is 5. The van der Waals surface area contributed by atoms with Gasteiger partial charge in [-0.2, -0.15) is 26.3 Å². The van der Waals surface area contributed by atoms with Crippen LogP contribution in [0.3, 0.4) is 0 Å². The van der Waals surface area contributed by atoms with Gasteiger partial charge in [-0.25, -0.2) is 21.3 Å². The number of carbonyl (C=O) groups is 2. The first-order chi connectivity index (χ1) is 16.7. The molecule has 6 unspecified atom stereocenters. The van der Waals surface area contributed by atoms with Crippen LogP contribution in [0.5, 0.6) is 0 Å². The SMILES string of the molecule is CC1=C(C(=O)NC2NNC(C(F)(F)F)C2C(C)C)C(=O)N2NC(C(F)(F)F)C(c3ccccc3)C2N1. The van der Waals surface area contributed by atoms with Crippen molar-refractivity contribution in [1.29, 1.82) is 0 Å². The number of carbonyl (C=O) groups excluding carboxylic acids is 2. The molecule has 3 aliphatic rings. The lowest BCUT2D eigenvalue weighted by Gasteiger charge is -2.35. The Morgan fingerprint density at radius 1 is 1.00 bits per heavy atom. The fourth-order valence-corrected chi connectivity index (χ4v) is 5.14. The summed E-state index contributed by atoms with van der Waals surface area (Å²) in [6.45, 7) is 4.50. The lowest BCUT2D eigenvalue weighted by atomic mass is 9.87. The molecule has 0 saturated carbocycles. The molecule has 0 bridgehead atoms. The Kier molecular flexibility index (Phi) is 6.73. The maximum absolute atomic E-state index is 13.9. The summed E-state index contributed by atoms with van der Waals surface area (Å²) in [6, 6.07) is 3.79. The van der Waals surface area contributed by atoms with Crippen molar-refractivity contribution in [2.45, 2.75) is 63.5 Å². The van der Waals surface area contributed by atoms with Crippen molar-refractivity contribution >= 4 is 11.8 Å². The average Bonchev–Trinajstić information content (AvgIpc) is 3.36. The van der Waals surface area contributed by atoms with Crippen LogP contribution in [-0.2, 0) is 9.59 Å². The predicted molar refractivity (Wildman–Crippen MR) is 115 cm³/mol. The van der Waals surface area contributed by atoms with Gasteiger partial charge in [-0.3, -0.25) is 9.59 Å². The van der Waals surface area contributed by atoms with Gasteiger partial charge in [0, 0.05) is 11.6 Å². The third kappa shape index (κ3) is 4.64. The van der Waals surface area contributed by atoms with E-state index in [1.165, 1.54) is 19.1 Å². The van der Waals surface area contributed by atoms with Gasteiger partial charge in [0.05, 0.1) is 12.1 Å². The molecule has 0 aromatic heterocycles. The van der Waals surface area contributed by atoms with Crippen molar-refractivity contribution in [3.63, 3.8) is 0 Å². The highest BCUT2D eigenvalue weighted by Gasteiger charge is 2.58. The normalized spacial score (nSPS) is 31.1. The van der Waals surface area contributed by atoms with Crippen molar-refractivity contribution in [2.75, 3.05) is 0 Å². The van der Waals surface area contributed by atoms with Crippen LogP contribution in [-0.4, -0.2) is 53.6 Å². The maximum atomic E-state index is 13.9. The molecule has 3 heterocycles. The molecular formula is C22H26F6N6O2. The number of rotatable bonds is 4. The molecule has 198 valence electrons. The smallest absolute Gasteiger partial charge is 0.366 e. The fraction of sp³-hybridized carbons (Fsp3) is 0.545. The van der Waals surface area contributed by atoms with E-state index in [2.05, 4.69) is 26.9 Å². The van der Waals surface area contributed by atoms with E-state index in [0.29, 0.717) is 5.56 Å². The Bertz CT molecular complexity index is 1040. The first-order valence-electron chi connectivity index (χ1n) is 11.3. The maximum Gasteiger partial charge on any atom is 0.406 e. The summed E-state index contributed by atoms with van der Waals surface area (Å²) < 4.78 is 82.0. The summed E-state index contributed by atoms with van der Waals surface area (Å²) in [5.74, 6) is -4.85. The van der Waals surface area contributed by atoms with Gasteiger partial charge < -0.3 is 10.6 Å². The molecule has 2 amide bonds. The number of alkyl halides is 6. The van der Waals surface area contributed by atoms with E-state index < -0.39 is 71.9 Å². The lowest BCUT2D eigenvalue weighted by molar-refractivity contribution is -0.166. The first-order valence-corrected chi connectivity index (χ1v) is 11.3. The van der Waals surface area contributed by atoms with E-state index in [-0.39, 0.29) is 5.70 Å². The standard InChI is InChI=1S/C22H26F6N6O2/c1-9(2)12-15(21(23,24)25)31-32-17(12)30-19(35)13-10(3)29-18-14(11-7-5-4-6-8-11)16(22(26,27)28)33-34(18)20(13)36/h4-9,12,14-18,29,31-33H,1-3H3,(H,30,35). The second-order valence-electron chi connectivity index (χ2n) is 9.43. The quantitative estimate of drug-likeness (QED) is 0.308. The van der Waals surface area contributed by atoms with Gasteiger partial charge in [-0.05, 0) is 18.4 Å². The van der Waals surface area contributed by atoms with Crippen LogP contribution in [0.15, 0.2) is 41.6 Å². The number of fused-ring (bicyclic) bond motifs is 1. The Balaban J connectivity index is 1.60. The highest BCUT2D eigenvalue weighted by molar-refractivity contribution is 6.19. The van der Waals surface area contributed by atoms with Crippen molar-refractivity contribution in [3.8, 4) is 0 Å². The van der Waals surface area contributed by atoms with Crippen LogP contribution in [0.25, 0.3) is 0 Å². The highest BCUT2D eigenvalue weighted by atomic mass is 19.4. The summed E-state index contributed by atoms with van der Waals surface area (Å²) in [4.78, 5) is 26.3. The van der Waals surface area contributed by atoms with E-state index in [9.17, 15) is 35.9 Å². The molecule has 4 rings (SSSR count). The molecule has 1 aromatic rings. The Morgan fingerprint density at radius 2 is 1.61 bits per heavy atom.